The Morgan fingerprint density at radius 3 is 2.50 bits per heavy atom. The summed E-state index contributed by atoms with van der Waals surface area (Å²) in [4.78, 5) is 15.4. The number of rotatable bonds is 3. The molecule has 1 fully saturated rings. The molecule has 1 saturated heterocycles. The Morgan fingerprint density at radius 1 is 1.04 bits per heavy atom. The van der Waals surface area contributed by atoms with E-state index in [4.69, 9.17) is 0 Å². The average Bonchev–Trinajstić information content (AvgIpc) is 3.04. The Labute approximate surface area is 167 Å². The van der Waals surface area contributed by atoms with Gasteiger partial charge in [0.25, 0.3) is 5.91 Å². The van der Waals surface area contributed by atoms with E-state index in [0.29, 0.717) is 18.7 Å². The fourth-order valence-corrected chi connectivity index (χ4v) is 5.79. The summed E-state index contributed by atoms with van der Waals surface area (Å²) >= 11 is 0. The van der Waals surface area contributed by atoms with Crippen LogP contribution in [0, 0.1) is 6.92 Å². The van der Waals surface area contributed by atoms with Gasteiger partial charge in [0.2, 0.25) is 10.0 Å². The number of hydrogen-bond acceptors (Lipinski definition) is 3. The summed E-state index contributed by atoms with van der Waals surface area (Å²) in [5, 5.41) is 0. The fourth-order valence-electron chi connectivity index (χ4n) is 4.25. The minimum absolute atomic E-state index is 0.0478. The van der Waals surface area contributed by atoms with Crippen LogP contribution < -0.4 is 4.90 Å². The predicted octanol–water partition coefficient (Wildman–Crippen LogP) is 3.76. The van der Waals surface area contributed by atoms with E-state index < -0.39 is 10.0 Å². The molecule has 5 nitrogen and oxygen atoms in total. The topological polar surface area (TPSA) is 57.7 Å². The molecule has 2 aromatic rings. The number of amides is 1. The highest BCUT2D eigenvalue weighted by molar-refractivity contribution is 7.89. The van der Waals surface area contributed by atoms with E-state index in [-0.39, 0.29) is 16.8 Å². The molecule has 0 bridgehead atoms. The van der Waals surface area contributed by atoms with Crippen LogP contribution in [0.15, 0.2) is 47.4 Å². The molecule has 2 aliphatic rings. The van der Waals surface area contributed by atoms with Gasteiger partial charge in [-0.05, 0) is 62.4 Å². The van der Waals surface area contributed by atoms with E-state index in [2.05, 4.69) is 0 Å². The van der Waals surface area contributed by atoms with Crippen LogP contribution in [0.4, 0.5) is 5.69 Å². The number of benzene rings is 2. The lowest BCUT2D eigenvalue weighted by molar-refractivity contribution is 0.0980. The molecule has 1 atom stereocenters. The number of hydrogen-bond donors (Lipinski definition) is 0. The highest BCUT2D eigenvalue weighted by Gasteiger charge is 2.33. The molecule has 0 aromatic heterocycles. The lowest BCUT2D eigenvalue weighted by atomic mass is 10.1. The van der Waals surface area contributed by atoms with Gasteiger partial charge >= 0.3 is 0 Å². The smallest absolute Gasteiger partial charge is 0.258 e. The first-order chi connectivity index (χ1) is 13.4. The predicted molar refractivity (Wildman–Crippen MR) is 110 cm³/mol. The molecule has 0 radical (unpaired) electrons. The highest BCUT2D eigenvalue weighted by atomic mass is 32.2. The van der Waals surface area contributed by atoms with Crippen molar-refractivity contribution in [3.05, 3.63) is 59.2 Å². The third-order valence-electron chi connectivity index (χ3n) is 5.82. The molecule has 0 spiro atoms. The second-order valence-electron chi connectivity index (χ2n) is 7.80. The zero-order chi connectivity index (χ0) is 19.9. The van der Waals surface area contributed by atoms with Gasteiger partial charge in [-0.1, -0.05) is 30.7 Å². The maximum absolute atomic E-state index is 13.4. The number of fused-ring (bicyclic) bond motifs is 1. The number of piperidine rings is 1. The summed E-state index contributed by atoms with van der Waals surface area (Å²) in [5.41, 5.74) is 3.32. The molecule has 0 saturated carbocycles. The second kappa shape index (κ2) is 7.33. The number of aryl methyl sites for hydroxylation is 1. The number of nitrogens with zero attached hydrogens (tertiary/aromatic N) is 2. The highest BCUT2D eigenvalue weighted by Crippen LogP contribution is 2.34. The first-order valence-corrected chi connectivity index (χ1v) is 11.4. The van der Waals surface area contributed by atoms with Crippen molar-refractivity contribution in [3.8, 4) is 0 Å². The minimum atomic E-state index is -3.57. The molecule has 2 aromatic carbocycles. The van der Waals surface area contributed by atoms with E-state index >= 15 is 0 Å². The van der Waals surface area contributed by atoms with Crippen LogP contribution in [0.1, 0.15) is 47.7 Å². The number of sulfonamides is 1. The minimum Gasteiger partial charge on any atom is -0.305 e. The van der Waals surface area contributed by atoms with E-state index in [1.807, 2.05) is 38.1 Å². The zero-order valence-electron chi connectivity index (χ0n) is 16.4. The van der Waals surface area contributed by atoms with E-state index in [0.717, 1.165) is 42.5 Å². The van der Waals surface area contributed by atoms with Crippen molar-refractivity contribution in [3.63, 3.8) is 0 Å². The maximum atomic E-state index is 13.4. The molecule has 0 unspecified atom stereocenters. The van der Waals surface area contributed by atoms with Crippen LogP contribution in [0.5, 0.6) is 0 Å². The molecule has 28 heavy (non-hydrogen) atoms. The van der Waals surface area contributed by atoms with Gasteiger partial charge in [0.1, 0.15) is 0 Å². The molecule has 2 heterocycles. The third kappa shape index (κ3) is 3.25. The first kappa shape index (κ1) is 19.2. The van der Waals surface area contributed by atoms with Gasteiger partial charge in [-0.15, -0.1) is 0 Å². The molecular formula is C22H26N2O3S. The van der Waals surface area contributed by atoms with Crippen molar-refractivity contribution < 1.29 is 13.2 Å². The largest absolute Gasteiger partial charge is 0.305 e. The third-order valence-corrected chi connectivity index (χ3v) is 7.71. The quantitative estimate of drug-likeness (QED) is 0.791. The summed E-state index contributed by atoms with van der Waals surface area (Å²) in [6.07, 6.45) is 3.65. The SMILES string of the molecule is Cc1ccc(S(=O)(=O)N2CCCCC2)cc1C(=O)N1c2ccccc2C[C@@H]1C. The van der Waals surface area contributed by atoms with Crippen molar-refractivity contribution in [2.75, 3.05) is 18.0 Å². The van der Waals surface area contributed by atoms with Crippen LogP contribution >= 0.6 is 0 Å². The van der Waals surface area contributed by atoms with Gasteiger partial charge in [-0.2, -0.15) is 4.31 Å². The van der Waals surface area contributed by atoms with Gasteiger partial charge < -0.3 is 4.90 Å². The Morgan fingerprint density at radius 2 is 1.75 bits per heavy atom. The first-order valence-electron chi connectivity index (χ1n) is 9.92. The van der Waals surface area contributed by atoms with Crippen LogP contribution in [0.25, 0.3) is 0 Å². The summed E-state index contributed by atoms with van der Waals surface area (Å²) in [6.45, 7) is 4.99. The molecule has 6 heteroatoms. The zero-order valence-corrected chi connectivity index (χ0v) is 17.2. The Kier molecular flexibility index (Phi) is 5.02. The van der Waals surface area contributed by atoms with Gasteiger partial charge in [-0.25, -0.2) is 8.42 Å². The van der Waals surface area contributed by atoms with Crippen LogP contribution in [-0.2, 0) is 16.4 Å². The van der Waals surface area contributed by atoms with E-state index in [1.165, 1.54) is 0 Å². The molecular weight excluding hydrogens is 372 g/mol. The fraction of sp³-hybridized carbons (Fsp3) is 0.409. The monoisotopic (exact) mass is 398 g/mol. The summed E-state index contributed by atoms with van der Waals surface area (Å²) in [5.74, 6) is -0.134. The average molecular weight is 399 g/mol. The Balaban J connectivity index is 1.71. The van der Waals surface area contributed by atoms with Crippen molar-refractivity contribution in [1.82, 2.24) is 4.31 Å². The lowest BCUT2D eigenvalue weighted by Gasteiger charge is -2.27. The van der Waals surface area contributed by atoms with Crippen molar-refractivity contribution in [2.24, 2.45) is 0 Å². The lowest BCUT2D eigenvalue weighted by Crippen LogP contribution is -2.37. The molecule has 2 aliphatic heterocycles. The van der Waals surface area contributed by atoms with E-state index in [1.54, 1.807) is 27.4 Å². The summed E-state index contributed by atoms with van der Waals surface area (Å²) in [7, 11) is -3.57. The summed E-state index contributed by atoms with van der Waals surface area (Å²) in [6, 6.07) is 12.9. The van der Waals surface area contributed by atoms with Crippen molar-refractivity contribution in [2.45, 2.75) is 50.5 Å². The number of anilines is 1. The molecule has 148 valence electrons. The number of carbonyl (C=O) groups excluding carboxylic acids is 1. The molecule has 4 rings (SSSR count). The van der Waals surface area contributed by atoms with Gasteiger partial charge in [0.05, 0.1) is 4.90 Å². The molecule has 1 amide bonds. The Hall–Kier alpha value is -2.18. The number of carbonyl (C=O) groups is 1. The van der Waals surface area contributed by atoms with Gasteiger partial charge in [-0.3, -0.25) is 4.79 Å². The van der Waals surface area contributed by atoms with Crippen LogP contribution in [0.2, 0.25) is 0 Å². The standard InChI is InChI=1S/C22H26N2O3S/c1-16-10-11-19(28(26,27)23-12-6-3-7-13-23)15-20(16)22(25)24-17(2)14-18-8-4-5-9-21(18)24/h4-5,8-11,15,17H,3,6-7,12-14H2,1-2H3/t17-/m0/s1. The van der Waals surface area contributed by atoms with Crippen molar-refractivity contribution >= 4 is 21.6 Å². The van der Waals surface area contributed by atoms with Gasteiger partial charge in [0.15, 0.2) is 0 Å². The van der Waals surface area contributed by atoms with Crippen molar-refractivity contribution in [1.29, 1.82) is 0 Å². The van der Waals surface area contributed by atoms with Crippen LogP contribution in [-0.4, -0.2) is 37.8 Å². The Bertz CT molecular complexity index is 1010. The second-order valence-corrected chi connectivity index (χ2v) is 9.74. The maximum Gasteiger partial charge on any atom is 0.258 e. The summed E-state index contributed by atoms with van der Waals surface area (Å²) < 4.78 is 27.7. The number of para-hydroxylation sites is 1. The van der Waals surface area contributed by atoms with Gasteiger partial charge in [0, 0.05) is 30.4 Å². The molecule has 0 N–H and O–H groups in total. The van der Waals surface area contributed by atoms with Crippen LogP contribution in [0.3, 0.4) is 0 Å². The normalized spacial score (nSPS) is 20.2. The molecule has 0 aliphatic carbocycles. The van der Waals surface area contributed by atoms with E-state index in [9.17, 15) is 13.2 Å².